The zero-order valence-electron chi connectivity index (χ0n) is 16.4. The number of aromatic nitrogens is 3. The second-order valence-electron chi connectivity index (χ2n) is 7.20. The Balaban J connectivity index is 1.71. The summed E-state index contributed by atoms with van der Waals surface area (Å²) in [6, 6.07) is 15.3. The molecule has 2 amide bonds. The summed E-state index contributed by atoms with van der Waals surface area (Å²) in [6.45, 7) is 0. The topological polar surface area (TPSA) is 123 Å². The molecule has 0 bridgehead atoms. The first-order valence-corrected chi connectivity index (χ1v) is 9.44. The van der Waals surface area contributed by atoms with Crippen molar-refractivity contribution < 1.29 is 19.8 Å². The predicted octanol–water partition coefficient (Wildman–Crippen LogP) is 2.93. The van der Waals surface area contributed by atoms with Crippen molar-refractivity contribution in [2.24, 2.45) is 0 Å². The Hall–Kier alpha value is -4.24. The van der Waals surface area contributed by atoms with Crippen LogP contribution in [-0.2, 0) is 5.72 Å². The zero-order chi connectivity index (χ0) is 21.8. The summed E-state index contributed by atoms with van der Waals surface area (Å²) >= 11 is 0. The summed E-state index contributed by atoms with van der Waals surface area (Å²) in [6.07, 6.45) is 1.95. The number of anilines is 2. The summed E-state index contributed by atoms with van der Waals surface area (Å²) in [5.41, 5.74) is 0.961. The van der Waals surface area contributed by atoms with Crippen LogP contribution in [0.1, 0.15) is 21.5 Å². The Bertz CT molecular complexity index is 1340. The highest BCUT2D eigenvalue weighted by atomic mass is 16.4. The molecule has 0 saturated carbocycles. The SMILES string of the molecule is CN(C(=O)O)c1nc2cc(C3(O)c4ccccc4C(=O)N3c3cccnc3)ccc2[nH]1. The Morgan fingerprint density at radius 3 is 2.71 bits per heavy atom. The molecule has 0 radical (unpaired) electrons. The van der Waals surface area contributed by atoms with Crippen molar-refractivity contribution in [3.05, 3.63) is 83.7 Å². The number of hydrogen-bond acceptors (Lipinski definition) is 5. The molecule has 9 heteroatoms. The van der Waals surface area contributed by atoms with Crippen LogP contribution in [0.4, 0.5) is 16.4 Å². The maximum atomic E-state index is 13.3. The first kappa shape index (κ1) is 18.8. The van der Waals surface area contributed by atoms with E-state index >= 15 is 0 Å². The number of H-pyrrole nitrogens is 1. The number of imidazole rings is 1. The van der Waals surface area contributed by atoms with Crippen LogP contribution in [-0.4, -0.2) is 44.2 Å². The molecule has 5 rings (SSSR count). The van der Waals surface area contributed by atoms with Gasteiger partial charge in [-0.1, -0.05) is 24.3 Å². The number of rotatable bonds is 3. The minimum atomic E-state index is -1.79. The quantitative estimate of drug-likeness (QED) is 0.473. The van der Waals surface area contributed by atoms with Crippen LogP contribution in [0.5, 0.6) is 0 Å². The maximum absolute atomic E-state index is 13.3. The third-order valence-electron chi connectivity index (χ3n) is 5.44. The molecule has 0 aliphatic carbocycles. The molecule has 0 fully saturated rings. The van der Waals surface area contributed by atoms with Gasteiger partial charge >= 0.3 is 6.09 Å². The maximum Gasteiger partial charge on any atom is 0.413 e. The smallest absolute Gasteiger partial charge is 0.413 e. The van der Waals surface area contributed by atoms with Gasteiger partial charge in [-0.05, 0) is 30.3 Å². The highest BCUT2D eigenvalue weighted by Crippen LogP contribution is 2.45. The van der Waals surface area contributed by atoms with Crippen LogP contribution in [0.3, 0.4) is 0 Å². The number of aromatic amines is 1. The van der Waals surface area contributed by atoms with Crippen molar-refractivity contribution in [3.8, 4) is 0 Å². The molecule has 2 aromatic carbocycles. The summed E-state index contributed by atoms with van der Waals surface area (Å²) < 4.78 is 0. The molecule has 0 saturated heterocycles. The highest BCUT2D eigenvalue weighted by Gasteiger charge is 2.50. The standard InChI is InChI=1S/C22H17N5O4/c1-26(21(29)30)20-24-17-9-8-13(11-18(17)25-20)22(31)16-7-3-2-6-15(16)19(28)27(22)14-5-4-10-23-12-14/h2-12,31H,1H3,(H,24,25)(H,29,30). The van der Waals surface area contributed by atoms with Gasteiger partial charge in [0.15, 0.2) is 5.72 Å². The van der Waals surface area contributed by atoms with Gasteiger partial charge in [0.25, 0.3) is 5.91 Å². The first-order valence-electron chi connectivity index (χ1n) is 9.44. The lowest BCUT2D eigenvalue weighted by atomic mass is 9.93. The van der Waals surface area contributed by atoms with Gasteiger partial charge in [-0.2, -0.15) is 0 Å². The van der Waals surface area contributed by atoms with E-state index in [1.54, 1.807) is 60.8 Å². The molecule has 31 heavy (non-hydrogen) atoms. The van der Waals surface area contributed by atoms with Crippen molar-refractivity contribution in [3.63, 3.8) is 0 Å². The molecule has 3 N–H and O–H groups in total. The number of benzene rings is 2. The third-order valence-corrected chi connectivity index (χ3v) is 5.44. The number of carbonyl (C=O) groups excluding carboxylic acids is 1. The molecular formula is C22H17N5O4. The van der Waals surface area contributed by atoms with E-state index in [0.717, 1.165) is 4.90 Å². The van der Waals surface area contributed by atoms with Crippen molar-refractivity contribution in [1.82, 2.24) is 15.0 Å². The van der Waals surface area contributed by atoms with Gasteiger partial charge in [0.1, 0.15) is 0 Å². The fourth-order valence-corrected chi connectivity index (χ4v) is 3.89. The van der Waals surface area contributed by atoms with Crippen LogP contribution in [0.25, 0.3) is 11.0 Å². The number of pyridine rings is 1. The van der Waals surface area contributed by atoms with Crippen molar-refractivity contribution in [1.29, 1.82) is 0 Å². The molecule has 154 valence electrons. The fourth-order valence-electron chi connectivity index (χ4n) is 3.89. The molecule has 3 heterocycles. The second kappa shape index (κ2) is 6.64. The van der Waals surface area contributed by atoms with E-state index in [4.69, 9.17) is 0 Å². The number of nitrogens with one attached hydrogen (secondary N) is 1. The van der Waals surface area contributed by atoms with E-state index < -0.39 is 11.8 Å². The van der Waals surface area contributed by atoms with Gasteiger partial charge in [0.2, 0.25) is 5.95 Å². The Morgan fingerprint density at radius 1 is 1.16 bits per heavy atom. The average molecular weight is 415 g/mol. The third kappa shape index (κ3) is 2.67. The molecule has 1 atom stereocenters. The van der Waals surface area contributed by atoms with E-state index in [2.05, 4.69) is 15.0 Å². The van der Waals surface area contributed by atoms with Crippen LogP contribution in [0, 0.1) is 0 Å². The number of carboxylic acid groups (broad SMARTS) is 1. The number of carbonyl (C=O) groups is 2. The van der Waals surface area contributed by atoms with E-state index in [-0.39, 0.29) is 11.9 Å². The van der Waals surface area contributed by atoms with Gasteiger partial charge in [-0.15, -0.1) is 0 Å². The first-order chi connectivity index (χ1) is 14.9. The van der Waals surface area contributed by atoms with E-state index in [0.29, 0.717) is 33.4 Å². The van der Waals surface area contributed by atoms with Crippen LogP contribution >= 0.6 is 0 Å². The number of amides is 2. The van der Waals surface area contributed by atoms with Gasteiger partial charge in [0, 0.05) is 29.9 Å². The average Bonchev–Trinajstić information content (AvgIpc) is 3.31. The van der Waals surface area contributed by atoms with Crippen LogP contribution < -0.4 is 9.80 Å². The minimum absolute atomic E-state index is 0.152. The molecular weight excluding hydrogens is 398 g/mol. The molecule has 1 unspecified atom stereocenters. The zero-order valence-corrected chi connectivity index (χ0v) is 16.4. The van der Waals surface area contributed by atoms with Gasteiger partial charge in [0.05, 0.1) is 22.9 Å². The molecule has 0 spiro atoms. The number of aliphatic hydroxyl groups is 1. The van der Waals surface area contributed by atoms with Gasteiger partial charge in [-0.25, -0.2) is 9.78 Å². The van der Waals surface area contributed by atoms with E-state index in [1.807, 2.05) is 0 Å². The Labute approximate surface area is 176 Å². The Kier molecular flexibility index (Phi) is 4.02. The van der Waals surface area contributed by atoms with Gasteiger partial charge < -0.3 is 15.2 Å². The minimum Gasteiger partial charge on any atom is -0.465 e. The molecule has 2 aromatic heterocycles. The molecule has 1 aliphatic heterocycles. The van der Waals surface area contributed by atoms with E-state index in [1.165, 1.54) is 18.1 Å². The predicted molar refractivity (Wildman–Crippen MR) is 113 cm³/mol. The number of fused-ring (bicyclic) bond motifs is 2. The van der Waals surface area contributed by atoms with Gasteiger partial charge in [-0.3, -0.25) is 19.6 Å². The molecule has 4 aromatic rings. The normalized spacial score (nSPS) is 17.7. The second-order valence-corrected chi connectivity index (χ2v) is 7.20. The monoisotopic (exact) mass is 415 g/mol. The van der Waals surface area contributed by atoms with Crippen molar-refractivity contribution in [2.75, 3.05) is 16.8 Å². The van der Waals surface area contributed by atoms with E-state index in [9.17, 15) is 19.8 Å². The lowest BCUT2D eigenvalue weighted by Gasteiger charge is -2.34. The highest BCUT2D eigenvalue weighted by molar-refractivity contribution is 6.12. The van der Waals surface area contributed by atoms with Crippen LogP contribution in [0.2, 0.25) is 0 Å². The van der Waals surface area contributed by atoms with Crippen molar-refractivity contribution >= 4 is 34.7 Å². The lowest BCUT2D eigenvalue weighted by molar-refractivity contribution is 0.0703. The van der Waals surface area contributed by atoms with Crippen molar-refractivity contribution in [2.45, 2.75) is 5.72 Å². The fraction of sp³-hybridized carbons (Fsp3) is 0.0909. The largest absolute Gasteiger partial charge is 0.465 e. The summed E-state index contributed by atoms with van der Waals surface area (Å²) in [5.74, 6) is -0.196. The molecule has 1 aliphatic rings. The summed E-state index contributed by atoms with van der Waals surface area (Å²) in [5, 5.41) is 21.2. The number of nitrogens with zero attached hydrogens (tertiary/aromatic N) is 4. The molecule has 9 nitrogen and oxygen atoms in total. The number of hydrogen-bond donors (Lipinski definition) is 3. The summed E-state index contributed by atoms with van der Waals surface area (Å²) in [7, 11) is 1.38. The Morgan fingerprint density at radius 2 is 1.97 bits per heavy atom. The summed E-state index contributed by atoms with van der Waals surface area (Å²) in [4.78, 5) is 38.2. The lowest BCUT2D eigenvalue weighted by Crippen LogP contribution is -2.45. The van der Waals surface area contributed by atoms with Crippen LogP contribution in [0.15, 0.2) is 67.0 Å².